The van der Waals surface area contributed by atoms with E-state index >= 15 is 0 Å². The first-order valence-electron chi connectivity index (χ1n) is 8.17. The van der Waals surface area contributed by atoms with Crippen molar-refractivity contribution < 1.29 is 14.2 Å². The molecule has 0 aliphatic carbocycles. The van der Waals surface area contributed by atoms with Gasteiger partial charge in [-0.3, -0.25) is 4.99 Å². The second-order valence-electron chi connectivity index (χ2n) is 6.08. The summed E-state index contributed by atoms with van der Waals surface area (Å²) in [6, 6.07) is 4.23. The minimum Gasteiger partial charge on any atom is -0.493 e. The first-order valence-corrected chi connectivity index (χ1v) is 8.97. The molecule has 2 heterocycles. The van der Waals surface area contributed by atoms with Gasteiger partial charge in [0.2, 0.25) is 0 Å². The fraction of sp³-hybridized carbons (Fsp3) is 0.588. The summed E-state index contributed by atoms with van der Waals surface area (Å²) in [6.07, 6.45) is 4.13. The molecule has 0 spiro atoms. The molecule has 6 nitrogen and oxygen atoms in total. The lowest BCUT2D eigenvalue weighted by Crippen LogP contribution is -2.47. The molecule has 3 unspecified atom stereocenters. The minimum absolute atomic E-state index is 0. The average molecular weight is 526 g/mol. The van der Waals surface area contributed by atoms with Gasteiger partial charge < -0.3 is 24.8 Å². The maximum absolute atomic E-state index is 5.88. The van der Waals surface area contributed by atoms with E-state index < -0.39 is 0 Å². The van der Waals surface area contributed by atoms with Crippen LogP contribution >= 0.6 is 39.9 Å². The summed E-state index contributed by atoms with van der Waals surface area (Å²) in [6.45, 7) is 0.627. The molecule has 1 aromatic carbocycles. The number of ether oxygens (including phenoxy) is 3. The fourth-order valence-corrected chi connectivity index (χ4v) is 3.83. The van der Waals surface area contributed by atoms with Crippen LogP contribution in [0.4, 0.5) is 0 Å². The molecule has 2 bridgehead atoms. The van der Waals surface area contributed by atoms with Crippen molar-refractivity contribution >= 4 is 45.9 Å². The number of nitrogens with one attached hydrogen (secondary N) is 2. The van der Waals surface area contributed by atoms with Crippen LogP contribution in [0.1, 0.15) is 24.8 Å². The Hall–Kier alpha value is -0.740. The highest BCUT2D eigenvalue weighted by Crippen LogP contribution is 2.34. The molecule has 2 N–H and O–H groups in total. The highest BCUT2D eigenvalue weighted by atomic mass is 127. The number of hydrogen-bond acceptors (Lipinski definition) is 4. The molecule has 0 amide bonds. The van der Waals surface area contributed by atoms with Crippen molar-refractivity contribution in [2.75, 3.05) is 21.3 Å². The normalized spacial score (nSPS) is 24.6. The summed E-state index contributed by atoms with van der Waals surface area (Å²) in [5.41, 5.74) is 1.07. The zero-order valence-electron chi connectivity index (χ0n) is 14.7. The predicted octanol–water partition coefficient (Wildman–Crippen LogP) is 3.07. The van der Waals surface area contributed by atoms with E-state index in [9.17, 15) is 0 Å². The third-order valence-corrected chi connectivity index (χ3v) is 5.39. The molecule has 1 aromatic rings. The third kappa shape index (κ3) is 4.71. The monoisotopic (exact) mass is 525 g/mol. The summed E-state index contributed by atoms with van der Waals surface area (Å²) in [7, 11) is 5.05. The Morgan fingerprint density at radius 2 is 2.00 bits per heavy atom. The molecule has 0 radical (unpaired) electrons. The lowest BCUT2D eigenvalue weighted by atomic mass is 9.96. The highest BCUT2D eigenvalue weighted by Gasteiger charge is 2.41. The molecule has 0 saturated carbocycles. The first kappa shape index (κ1) is 20.6. The van der Waals surface area contributed by atoms with Crippen molar-refractivity contribution in [1.82, 2.24) is 10.6 Å². The number of rotatable bonds is 5. The number of hydrogen-bond donors (Lipinski definition) is 2. The van der Waals surface area contributed by atoms with Gasteiger partial charge in [-0.25, -0.2) is 0 Å². The van der Waals surface area contributed by atoms with Gasteiger partial charge in [0.15, 0.2) is 17.5 Å². The number of aliphatic imine (C=N–C) groups is 1. The number of methoxy groups -OCH3 is 2. The Bertz CT molecular complexity index is 629. The fourth-order valence-electron chi connectivity index (χ4n) is 3.37. The molecule has 2 aliphatic heterocycles. The van der Waals surface area contributed by atoms with Gasteiger partial charge in [0.05, 0.1) is 32.5 Å². The van der Waals surface area contributed by atoms with Gasteiger partial charge in [-0.05, 0) is 37.0 Å². The van der Waals surface area contributed by atoms with E-state index in [4.69, 9.17) is 14.2 Å². The summed E-state index contributed by atoms with van der Waals surface area (Å²) in [5, 5.41) is 6.84. The van der Waals surface area contributed by atoms with Crippen LogP contribution in [0.2, 0.25) is 0 Å². The van der Waals surface area contributed by atoms with Gasteiger partial charge in [-0.1, -0.05) is 15.9 Å². The summed E-state index contributed by atoms with van der Waals surface area (Å²) < 4.78 is 17.5. The molecule has 3 atom stereocenters. The lowest BCUT2D eigenvalue weighted by molar-refractivity contribution is 0.0992. The Kier molecular flexibility index (Phi) is 7.63. The number of guanidine groups is 1. The third-order valence-electron chi connectivity index (χ3n) is 4.65. The van der Waals surface area contributed by atoms with Crippen LogP contribution in [0.3, 0.4) is 0 Å². The van der Waals surface area contributed by atoms with Crippen LogP contribution < -0.4 is 20.1 Å². The van der Waals surface area contributed by atoms with Crippen molar-refractivity contribution in [3.63, 3.8) is 0 Å². The first-order chi connectivity index (χ1) is 11.6. The Labute approximate surface area is 174 Å². The smallest absolute Gasteiger partial charge is 0.191 e. The van der Waals surface area contributed by atoms with Crippen molar-refractivity contribution in [3.8, 4) is 11.5 Å². The second-order valence-corrected chi connectivity index (χ2v) is 6.94. The molecular formula is C17H25BrIN3O3. The van der Waals surface area contributed by atoms with Crippen molar-refractivity contribution in [1.29, 1.82) is 0 Å². The van der Waals surface area contributed by atoms with Gasteiger partial charge in [-0.2, -0.15) is 0 Å². The standard InChI is InChI=1S/C17H24BrN3O3.HI/c1-19-17(21-13-7-11-4-5-14(13)24-11)20-9-10-6-15(22-2)16(23-3)8-12(10)18;/h6,8,11,13-14H,4-5,7,9H2,1-3H3,(H2,19,20,21);1H. The molecule has 0 aromatic heterocycles. The Morgan fingerprint density at radius 3 is 2.56 bits per heavy atom. The van der Waals surface area contributed by atoms with E-state index in [0.29, 0.717) is 36.3 Å². The molecule has 2 fully saturated rings. The van der Waals surface area contributed by atoms with Gasteiger partial charge in [0.25, 0.3) is 0 Å². The van der Waals surface area contributed by atoms with E-state index in [1.807, 2.05) is 12.1 Å². The number of nitrogens with zero attached hydrogens (tertiary/aromatic N) is 1. The molecule has 140 valence electrons. The summed E-state index contributed by atoms with van der Waals surface area (Å²) in [4.78, 5) is 4.32. The average Bonchev–Trinajstić information content (AvgIpc) is 3.21. The van der Waals surface area contributed by atoms with Crippen LogP contribution in [0.25, 0.3) is 0 Å². The quantitative estimate of drug-likeness (QED) is 0.351. The van der Waals surface area contributed by atoms with Crippen LogP contribution in [-0.2, 0) is 11.3 Å². The number of halogens is 2. The van der Waals surface area contributed by atoms with Gasteiger partial charge >= 0.3 is 0 Å². The summed E-state index contributed by atoms with van der Waals surface area (Å²) >= 11 is 3.58. The van der Waals surface area contributed by atoms with Gasteiger partial charge in [0.1, 0.15) is 0 Å². The largest absolute Gasteiger partial charge is 0.493 e. The highest BCUT2D eigenvalue weighted by molar-refractivity contribution is 14.0. The van der Waals surface area contributed by atoms with E-state index in [0.717, 1.165) is 28.8 Å². The molecule has 25 heavy (non-hydrogen) atoms. The van der Waals surface area contributed by atoms with E-state index in [-0.39, 0.29) is 24.0 Å². The Balaban J connectivity index is 0.00000225. The zero-order valence-corrected chi connectivity index (χ0v) is 18.6. The van der Waals surface area contributed by atoms with E-state index in [2.05, 4.69) is 31.6 Å². The molecule has 2 aliphatic rings. The topological polar surface area (TPSA) is 64.1 Å². The summed E-state index contributed by atoms with van der Waals surface area (Å²) in [5.74, 6) is 2.20. The van der Waals surface area contributed by atoms with Crippen LogP contribution in [-0.4, -0.2) is 45.5 Å². The van der Waals surface area contributed by atoms with Crippen LogP contribution in [0.15, 0.2) is 21.6 Å². The van der Waals surface area contributed by atoms with Crippen molar-refractivity contribution in [2.24, 2.45) is 4.99 Å². The van der Waals surface area contributed by atoms with Gasteiger partial charge in [0, 0.05) is 18.1 Å². The van der Waals surface area contributed by atoms with E-state index in [1.54, 1.807) is 21.3 Å². The second kappa shape index (κ2) is 9.27. The molecule has 3 rings (SSSR count). The molecule has 8 heteroatoms. The number of benzene rings is 1. The Morgan fingerprint density at radius 1 is 1.28 bits per heavy atom. The zero-order chi connectivity index (χ0) is 17.1. The van der Waals surface area contributed by atoms with Crippen LogP contribution in [0.5, 0.6) is 11.5 Å². The van der Waals surface area contributed by atoms with Crippen LogP contribution in [0, 0.1) is 0 Å². The van der Waals surface area contributed by atoms with Gasteiger partial charge in [-0.15, -0.1) is 24.0 Å². The minimum atomic E-state index is 0. The van der Waals surface area contributed by atoms with Crippen molar-refractivity contribution in [2.45, 2.75) is 44.1 Å². The maximum Gasteiger partial charge on any atom is 0.191 e. The SMILES string of the molecule is CN=C(NCc1cc(OC)c(OC)cc1Br)NC1CC2CCC1O2.I. The van der Waals surface area contributed by atoms with Crippen molar-refractivity contribution in [3.05, 3.63) is 22.2 Å². The molecular weight excluding hydrogens is 501 g/mol. The number of fused-ring (bicyclic) bond motifs is 2. The van der Waals surface area contributed by atoms with E-state index in [1.165, 1.54) is 6.42 Å². The maximum atomic E-state index is 5.88. The lowest BCUT2D eigenvalue weighted by Gasteiger charge is -2.23. The molecule has 2 saturated heterocycles. The predicted molar refractivity (Wildman–Crippen MR) is 112 cm³/mol.